The summed E-state index contributed by atoms with van der Waals surface area (Å²) in [6.45, 7) is 0.556. The average Bonchev–Trinajstić information content (AvgIpc) is 3.21. The van der Waals surface area contributed by atoms with Crippen molar-refractivity contribution in [2.24, 2.45) is 0 Å². The van der Waals surface area contributed by atoms with Crippen LogP contribution in [0, 0.1) is 0 Å². The molecule has 1 aliphatic rings. The van der Waals surface area contributed by atoms with E-state index in [9.17, 15) is 18.0 Å². The molecule has 0 atom stereocenters. The summed E-state index contributed by atoms with van der Waals surface area (Å²) in [6.07, 6.45) is 1.83. The third-order valence-corrected chi connectivity index (χ3v) is 7.25. The highest BCUT2D eigenvalue weighted by Gasteiger charge is 2.30. The molecule has 1 amide bonds. The summed E-state index contributed by atoms with van der Waals surface area (Å²) in [5, 5.41) is 0.946. The normalized spacial score (nSPS) is 15.2. The highest BCUT2D eigenvalue weighted by molar-refractivity contribution is 7.89. The van der Waals surface area contributed by atoms with Gasteiger partial charge in [-0.05, 0) is 23.8 Å². The summed E-state index contributed by atoms with van der Waals surface area (Å²) < 4.78 is 31.9. The Bertz CT molecular complexity index is 1180. The van der Waals surface area contributed by atoms with Gasteiger partial charge in [0.2, 0.25) is 10.0 Å². The van der Waals surface area contributed by atoms with Crippen molar-refractivity contribution in [1.29, 1.82) is 0 Å². The number of sulfonamides is 1. The molecule has 2 heterocycles. The fourth-order valence-corrected chi connectivity index (χ4v) is 5.08. The molecule has 0 bridgehead atoms. The van der Waals surface area contributed by atoms with Gasteiger partial charge < -0.3 is 14.6 Å². The van der Waals surface area contributed by atoms with Crippen LogP contribution in [0.3, 0.4) is 0 Å². The number of nitrogens with zero attached hydrogens (tertiary/aromatic N) is 2. The molecular formula is C22H23N3O5S. The number of H-pyrrole nitrogens is 1. The average molecular weight is 442 g/mol. The maximum absolute atomic E-state index is 12.7. The van der Waals surface area contributed by atoms with Crippen molar-refractivity contribution in [3.8, 4) is 0 Å². The lowest BCUT2D eigenvalue weighted by molar-refractivity contribution is -0.151. The molecule has 0 aliphatic carbocycles. The zero-order chi connectivity index (χ0) is 21.8. The van der Waals surface area contributed by atoms with E-state index in [2.05, 4.69) is 4.98 Å². The summed E-state index contributed by atoms with van der Waals surface area (Å²) in [7, 11) is -3.58. The minimum absolute atomic E-state index is 0.0698. The third-order valence-electron chi connectivity index (χ3n) is 5.34. The number of rotatable bonds is 6. The lowest BCUT2D eigenvalue weighted by Crippen LogP contribution is -2.51. The first kappa shape index (κ1) is 21.1. The van der Waals surface area contributed by atoms with Crippen LogP contribution in [-0.2, 0) is 30.8 Å². The van der Waals surface area contributed by atoms with Crippen LogP contribution in [0.15, 0.2) is 65.7 Å². The fourth-order valence-electron chi connectivity index (χ4n) is 3.64. The molecule has 1 saturated heterocycles. The molecule has 31 heavy (non-hydrogen) atoms. The fraction of sp³-hybridized carbons (Fsp3) is 0.273. The number of carbonyl (C=O) groups excluding carboxylic acids is 2. The number of fused-ring (bicyclic) bond motifs is 1. The molecule has 9 heteroatoms. The van der Waals surface area contributed by atoms with Crippen molar-refractivity contribution in [3.05, 3.63) is 66.4 Å². The number of hydrogen-bond acceptors (Lipinski definition) is 5. The van der Waals surface area contributed by atoms with Crippen molar-refractivity contribution in [3.63, 3.8) is 0 Å². The Morgan fingerprint density at radius 2 is 1.61 bits per heavy atom. The molecule has 1 aromatic heterocycles. The number of aromatic amines is 1. The van der Waals surface area contributed by atoms with Crippen molar-refractivity contribution < 1.29 is 22.7 Å². The molecule has 0 unspecified atom stereocenters. The predicted octanol–water partition coefficient (Wildman–Crippen LogP) is 1.79. The van der Waals surface area contributed by atoms with Gasteiger partial charge in [0, 0.05) is 43.3 Å². The van der Waals surface area contributed by atoms with Gasteiger partial charge in [-0.1, -0.05) is 36.4 Å². The van der Waals surface area contributed by atoms with Gasteiger partial charge >= 0.3 is 5.97 Å². The second kappa shape index (κ2) is 8.91. The van der Waals surface area contributed by atoms with Crippen LogP contribution in [0.25, 0.3) is 10.9 Å². The molecule has 2 aromatic carbocycles. The lowest BCUT2D eigenvalue weighted by atomic mass is 10.1. The molecule has 0 spiro atoms. The molecule has 8 nitrogen and oxygen atoms in total. The van der Waals surface area contributed by atoms with Crippen molar-refractivity contribution in [2.75, 3.05) is 32.8 Å². The van der Waals surface area contributed by atoms with Crippen LogP contribution in [0.5, 0.6) is 0 Å². The molecule has 4 rings (SSSR count). The minimum Gasteiger partial charge on any atom is -0.455 e. The van der Waals surface area contributed by atoms with Gasteiger partial charge in [0.05, 0.1) is 11.3 Å². The first-order chi connectivity index (χ1) is 14.9. The van der Waals surface area contributed by atoms with E-state index in [0.717, 1.165) is 16.5 Å². The van der Waals surface area contributed by atoms with Crippen LogP contribution >= 0.6 is 0 Å². The van der Waals surface area contributed by atoms with Gasteiger partial charge in [0.25, 0.3) is 5.91 Å². The Morgan fingerprint density at radius 1 is 0.935 bits per heavy atom. The van der Waals surface area contributed by atoms with Crippen LogP contribution in [0.1, 0.15) is 5.56 Å². The predicted molar refractivity (Wildman–Crippen MR) is 115 cm³/mol. The van der Waals surface area contributed by atoms with Gasteiger partial charge in [-0.3, -0.25) is 9.59 Å². The number of piperazine rings is 1. The molecule has 1 fully saturated rings. The Hall–Kier alpha value is -3.17. The van der Waals surface area contributed by atoms with Gasteiger partial charge in [-0.25, -0.2) is 8.42 Å². The summed E-state index contributed by atoms with van der Waals surface area (Å²) in [4.78, 5) is 29.5. The van der Waals surface area contributed by atoms with Gasteiger partial charge in [-0.15, -0.1) is 0 Å². The molecule has 1 aliphatic heterocycles. The van der Waals surface area contributed by atoms with E-state index in [4.69, 9.17) is 4.74 Å². The van der Waals surface area contributed by atoms with E-state index in [-0.39, 0.29) is 50.0 Å². The van der Waals surface area contributed by atoms with E-state index >= 15 is 0 Å². The number of hydrogen-bond donors (Lipinski definition) is 1. The third kappa shape index (κ3) is 4.62. The first-order valence-corrected chi connectivity index (χ1v) is 11.4. The number of para-hydroxylation sites is 1. The molecule has 0 saturated carbocycles. The molecule has 3 aromatic rings. The minimum atomic E-state index is -3.58. The van der Waals surface area contributed by atoms with E-state index in [0.29, 0.717) is 0 Å². The number of esters is 1. The molecule has 0 radical (unpaired) electrons. The number of carbonyl (C=O) groups is 2. The van der Waals surface area contributed by atoms with Crippen molar-refractivity contribution in [1.82, 2.24) is 14.2 Å². The van der Waals surface area contributed by atoms with Crippen molar-refractivity contribution in [2.45, 2.75) is 11.3 Å². The highest BCUT2D eigenvalue weighted by atomic mass is 32.2. The van der Waals surface area contributed by atoms with Crippen LogP contribution in [0.2, 0.25) is 0 Å². The Kier molecular flexibility index (Phi) is 6.06. The summed E-state index contributed by atoms with van der Waals surface area (Å²) in [6, 6.07) is 15.9. The number of aromatic nitrogens is 1. The second-order valence-electron chi connectivity index (χ2n) is 7.29. The summed E-state index contributed by atoms with van der Waals surface area (Å²) in [5.74, 6) is -0.813. The first-order valence-electron chi connectivity index (χ1n) is 9.99. The number of benzene rings is 2. The zero-order valence-corrected chi connectivity index (χ0v) is 17.7. The van der Waals surface area contributed by atoms with Gasteiger partial charge in [-0.2, -0.15) is 4.31 Å². The quantitative estimate of drug-likeness (QED) is 0.588. The monoisotopic (exact) mass is 441 g/mol. The number of amides is 1. The van der Waals surface area contributed by atoms with E-state index in [1.165, 1.54) is 9.21 Å². The van der Waals surface area contributed by atoms with E-state index < -0.39 is 16.0 Å². The molecular weight excluding hydrogens is 418 g/mol. The van der Waals surface area contributed by atoms with E-state index in [1.54, 1.807) is 36.5 Å². The number of ether oxygens (including phenoxy) is 1. The molecule has 162 valence electrons. The smallest absolute Gasteiger partial charge is 0.310 e. The second-order valence-corrected chi connectivity index (χ2v) is 9.23. The standard InChI is InChI=1S/C22H23N3O5S/c26-21(16-30-22(27)14-17-15-23-20-9-5-4-8-19(17)20)24-10-12-25(13-11-24)31(28,29)18-6-2-1-3-7-18/h1-9,15,23H,10-14,16H2. The Labute approximate surface area is 180 Å². The summed E-state index contributed by atoms with van der Waals surface area (Å²) in [5.41, 5.74) is 1.75. The zero-order valence-electron chi connectivity index (χ0n) is 16.9. The summed E-state index contributed by atoms with van der Waals surface area (Å²) >= 11 is 0. The largest absolute Gasteiger partial charge is 0.455 e. The number of nitrogens with one attached hydrogen (secondary N) is 1. The van der Waals surface area contributed by atoms with Crippen molar-refractivity contribution >= 4 is 32.8 Å². The van der Waals surface area contributed by atoms with Crippen LogP contribution < -0.4 is 0 Å². The molecule has 1 N–H and O–H groups in total. The highest BCUT2D eigenvalue weighted by Crippen LogP contribution is 2.19. The van der Waals surface area contributed by atoms with Crippen LogP contribution in [0.4, 0.5) is 0 Å². The SMILES string of the molecule is O=C(Cc1c[nH]c2ccccc12)OCC(=O)N1CCN(S(=O)(=O)c2ccccc2)CC1. The maximum atomic E-state index is 12.7. The maximum Gasteiger partial charge on any atom is 0.310 e. The lowest BCUT2D eigenvalue weighted by Gasteiger charge is -2.33. The van der Waals surface area contributed by atoms with Gasteiger partial charge in [0.1, 0.15) is 0 Å². The topological polar surface area (TPSA) is 99.8 Å². The van der Waals surface area contributed by atoms with Gasteiger partial charge in [0.15, 0.2) is 6.61 Å². The Balaban J connectivity index is 1.27. The Morgan fingerprint density at radius 3 is 2.35 bits per heavy atom. The van der Waals surface area contributed by atoms with E-state index in [1.807, 2.05) is 24.3 Å². The van der Waals surface area contributed by atoms with Crippen LogP contribution in [-0.4, -0.2) is 67.3 Å².